The molecular formula is C9H5F3N2S2. The van der Waals surface area contributed by atoms with Crippen molar-refractivity contribution in [2.24, 2.45) is 0 Å². The van der Waals surface area contributed by atoms with Gasteiger partial charge >= 0.3 is 0 Å². The molecule has 2 nitrogen and oxygen atoms in total. The van der Waals surface area contributed by atoms with Crippen LogP contribution in [0.5, 0.6) is 0 Å². The Morgan fingerprint density at radius 2 is 1.81 bits per heavy atom. The number of nitrogens with zero attached hydrogens (tertiary/aromatic N) is 2. The Morgan fingerprint density at radius 3 is 2.44 bits per heavy atom. The highest BCUT2D eigenvalue weighted by molar-refractivity contribution is 8.01. The Morgan fingerprint density at radius 1 is 1.12 bits per heavy atom. The van der Waals surface area contributed by atoms with E-state index < -0.39 is 5.76 Å². The second kappa shape index (κ2) is 4.84. The minimum atomic E-state index is -2.51. The maximum Gasteiger partial charge on any atom is 0.291 e. The predicted octanol–water partition coefficient (Wildman–Crippen LogP) is 3.66. The summed E-state index contributed by atoms with van der Waals surface area (Å²) < 4.78 is 36.9. The molecule has 7 heteroatoms. The number of aromatic nitrogens is 2. The summed E-state index contributed by atoms with van der Waals surface area (Å²) in [6, 6.07) is 5.65. The summed E-state index contributed by atoms with van der Waals surface area (Å²) in [6.07, 6.45) is 0. The number of hydrogen-bond acceptors (Lipinski definition) is 4. The van der Waals surface area contributed by atoms with Gasteiger partial charge in [-0.2, -0.15) is 8.78 Å². The van der Waals surface area contributed by atoms with Crippen LogP contribution in [0.25, 0.3) is 10.6 Å². The van der Waals surface area contributed by atoms with Crippen LogP contribution in [0.1, 0.15) is 0 Å². The van der Waals surface area contributed by atoms with Gasteiger partial charge in [-0.05, 0) is 36.0 Å². The highest BCUT2D eigenvalue weighted by Gasteiger charge is 2.12. The van der Waals surface area contributed by atoms with Crippen LogP contribution in [0.15, 0.2) is 28.6 Å². The molecule has 0 fully saturated rings. The van der Waals surface area contributed by atoms with Crippen molar-refractivity contribution < 1.29 is 13.2 Å². The van der Waals surface area contributed by atoms with Crippen LogP contribution in [0.4, 0.5) is 13.2 Å². The van der Waals surface area contributed by atoms with E-state index in [4.69, 9.17) is 0 Å². The lowest BCUT2D eigenvalue weighted by atomic mass is 10.2. The summed E-state index contributed by atoms with van der Waals surface area (Å²) in [6.45, 7) is 0. The monoisotopic (exact) mass is 262 g/mol. The van der Waals surface area contributed by atoms with Gasteiger partial charge in [-0.15, -0.1) is 10.2 Å². The maximum atomic E-state index is 12.6. The molecule has 0 amide bonds. The van der Waals surface area contributed by atoms with Crippen molar-refractivity contribution in [1.29, 1.82) is 0 Å². The predicted molar refractivity (Wildman–Crippen MR) is 57.2 cm³/mol. The highest BCUT2D eigenvalue weighted by Crippen LogP contribution is 2.32. The number of rotatable bonds is 3. The van der Waals surface area contributed by atoms with Crippen molar-refractivity contribution in [1.82, 2.24) is 10.2 Å². The van der Waals surface area contributed by atoms with E-state index in [1.165, 1.54) is 24.3 Å². The fourth-order valence-electron chi connectivity index (χ4n) is 1.04. The minimum Gasteiger partial charge on any atom is -0.207 e. The van der Waals surface area contributed by atoms with Crippen LogP contribution < -0.4 is 0 Å². The number of alkyl halides is 2. The van der Waals surface area contributed by atoms with Crippen LogP contribution in [0.3, 0.4) is 0 Å². The first kappa shape index (κ1) is 11.4. The third-order valence-corrected chi connectivity index (χ3v) is 3.45. The molecule has 0 aliphatic rings. The molecule has 1 heterocycles. The summed E-state index contributed by atoms with van der Waals surface area (Å²) in [5.41, 5.74) is 0.667. The average molecular weight is 262 g/mol. The van der Waals surface area contributed by atoms with Gasteiger partial charge in [-0.3, -0.25) is 0 Å². The van der Waals surface area contributed by atoms with Crippen LogP contribution in [-0.4, -0.2) is 16.0 Å². The molecule has 2 rings (SSSR count). The van der Waals surface area contributed by atoms with Gasteiger partial charge < -0.3 is 0 Å². The zero-order valence-corrected chi connectivity index (χ0v) is 9.36. The quantitative estimate of drug-likeness (QED) is 0.789. The fourth-order valence-corrected chi connectivity index (χ4v) is 2.51. The first-order valence-corrected chi connectivity index (χ1v) is 5.89. The second-order valence-corrected chi connectivity index (χ2v) is 4.97. The number of thioether (sulfide) groups is 1. The van der Waals surface area contributed by atoms with Crippen molar-refractivity contribution in [3.63, 3.8) is 0 Å². The van der Waals surface area contributed by atoms with E-state index in [0.717, 1.165) is 11.3 Å². The fraction of sp³-hybridized carbons (Fsp3) is 0.111. The van der Waals surface area contributed by atoms with Crippen molar-refractivity contribution >= 4 is 23.1 Å². The zero-order chi connectivity index (χ0) is 11.5. The Hall–Kier alpha value is -1.08. The molecule has 0 unspecified atom stereocenters. The lowest BCUT2D eigenvalue weighted by molar-refractivity contribution is 0.252. The molecule has 1 aromatic carbocycles. The summed E-state index contributed by atoms with van der Waals surface area (Å²) in [4.78, 5) is 0. The summed E-state index contributed by atoms with van der Waals surface area (Å²) in [5, 5.41) is 7.88. The molecule has 0 saturated heterocycles. The highest BCUT2D eigenvalue weighted by atomic mass is 32.2. The van der Waals surface area contributed by atoms with Gasteiger partial charge in [0.15, 0.2) is 4.34 Å². The lowest BCUT2D eigenvalue weighted by Gasteiger charge is -1.93. The molecule has 1 aromatic heterocycles. The van der Waals surface area contributed by atoms with E-state index in [1.54, 1.807) is 0 Å². The SMILES string of the molecule is Fc1ccc(-c2nnc(SC(F)F)s2)cc1. The van der Waals surface area contributed by atoms with E-state index in [0.29, 0.717) is 22.3 Å². The molecule has 0 radical (unpaired) electrons. The lowest BCUT2D eigenvalue weighted by Crippen LogP contribution is -1.80. The Balaban J connectivity index is 2.21. The topological polar surface area (TPSA) is 25.8 Å². The molecule has 2 aromatic rings. The van der Waals surface area contributed by atoms with Crippen LogP contribution in [-0.2, 0) is 0 Å². The van der Waals surface area contributed by atoms with E-state index in [-0.39, 0.29) is 10.2 Å². The molecule has 0 bridgehead atoms. The number of benzene rings is 1. The average Bonchev–Trinajstić information content (AvgIpc) is 2.66. The van der Waals surface area contributed by atoms with Crippen LogP contribution >= 0.6 is 23.1 Å². The Kier molecular flexibility index (Phi) is 3.45. The first-order valence-electron chi connectivity index (χ1n) is 4.19. The molecule has 84 valence electrons. The maximum absolute atomic E-state index is 12.6. The van der Waals surface area contributed by atoms with Gasteiger partial charge in [-0.1, -0.05) is 11.3 Å². The van der Waals surface area contributed by atoms with Gasteiger partial charge in [0.1, 0.15) is 10.8 Å². The molecule has 0 N–H and O–H groups in total. The molecular weight excluding hydrogens is 257 g/mol. The molecule has 16 heavy (non-hydrogen) atoms. The summed E-state index contributed by atoms with van der Waals surface area (Å²) in [5.74, 6) is -2.86. The zero-order valence-electron chi connectivity index (χ0n) is 7.73. The van der Waals surface area contributed by atoms with Gasteiger partial charge in [0.2, 0.25) is 0 Å². The van der Waals surface area contributed by atoms with Crippen LogP contribution in [0.2, 0.25) is 0 Å². The third kappa shape index (κ3) is 2.73. The third-order valence-electron chi connectivity index (χ3n) is 1.69. The summed E-state index contributed by atoms with van der Waals surface area (Å²) in [7, 11) is 0. The molecule has 0 aliphatic carbocycles. The largest absolute Gasteiger partial charge is 0.291 e. The Bertz CT molecular complexity index is 470. The first-order chi connectivity index (χ1) is 7.65. The van der Waals surface area contributed by atoms with E-state index >= 15 is 0 Å². The van der Waals surface area contributed by atoms with Crippen molar-refractivity contribution in [2.75, 3.05) is 0 Å². The molecule has 0 atom stereocenters. The summed E-state index contributed by atoms with van der Waals surface area (Å²) >= 11 is 1.41. The normalized spacial score (nSPS) is 11.0. The van der Waals surface area contributed by atoms with Crippen LogP contribution in [0, 0.1) is 5.82 Å². The smallest absolute Gasteiger partial charge is 0.207 e. The number of halogens is 3. The molecule has 0 aliphatic heterocycles. The molecule has 0 saturated carbocycles. The standard InChI is InChI=1S/C9H5F3N2S2/c10-6-3-1-5(2-4-6)7-13-14-9(15-7)16-8(11)12/h1-4,8H. The van der Waals surface area contributed by atoms with Gasteiger partial charge in [0.05, 0.1) is 0 Å². The van der Waals surface area contributed by atoms with Crippen molar-refractivity contribution in [2.45, 2.75) is 10.1 Å². The van der Waals surface area contributed by atoms with Crippen molar-refractivity contribution in [3.05, 3.63) is 30.1 Å². The van der Waals surface area contributed by atoms with E-state index in [2.05, 4.69) is 10.2 Å². The van der Waals surface area contributed by atoms with Gasteiger partial charge in [0, 0.05) is 5.56 Å². The van der Waals surface area contributed by atoms with E-state index in [9.17, 15) is 13.2 Å². The Labute approximate surface area is 97.5 Å². The number of hydrogen-bond donors (Lipinski definition) is 0. The van der Waals surface area contributed by atoms with Gasteiger partial charge in [-0.25, -0.2) is 4.39 Å². The second-order valence-electron chi connectivity index (χ2n) is 2.76. The van der Waals surface area contributed by atoms with Gasteiger partial charge in [0.25, 0.3) is 5.76 Å². The van der Waals surface area contributed by atoms with Crippen molar-refractivity contribution in [3.8, 4) is 10.6 Å². The van der Waals surface area contributed by atoms with E-state index in [1.807, 2.05) is 0 Å². The molecule has 0 spiro atoms. The minimum absolute atomic E-state index is 0.203.